The number of carbonyl (C=O) groups excluding carboxylic acids is 1. The summed E-state index contributed by atoms with van der Waals surface area (Å²) in [5.41, 5.74) is 0.828. The van der Waals surface area contributed by atoms with Crippen LogP contribution >= 0.6 is 0 Å². The number of carbonyl (C=O) groups is 1. The molecular formula is C19H34O. The van der Waals surface area contributed by atoms with Crippen molar-refractivity contribution in [2.75, 3.05) is 0 Å². The summed E-state index contributed by atoms with van der Waals surface area (Å²) in [4.78, 5) is 11.2. The fourth-order valence-corrected chi connectivity index (χ4v) is 1.61. The van der Waals surface area contributed by atoms with E-state index in [1.165, 1.54) is 19.3 Å². The minimum atomic E-state index is 0.244. The van der Waals surface area contributed by atoms with Crippen LogP contribution in [0.15, 0.2) is 30.3 Å². The zero-order valence-corrected chi connectivity index (χ0v) is 14.4. The molecule has 0 unspecified atom stereocenters. The van der Waals surface area contributed by atoms with Crippen LogP contribution < -0.4 is 0 Å². The van der Waals surface area contributed by atoms with Crippen LogP contribution in [0, 0.1) is 5.92 Å². The van der Waals surface area contributed by atoms with Crippen LogP contribution in [0.2, 0.25) is 0 Å². The lowest BCUT2D eigenvalue weighted by atomic mass is 9.88. The summed E-state index contributed by atoms with van der Waals surface area (Å²) in [5, 5.41) is 0. The summed E-state index contributed by atoms with van der Waals surface area (Å²) in [6.45, 7) is 12.3. The van der Waals surface area contributed by atoms with Gasteiger partial charge in [0.15, 0.2) is 5.78 Å². The first-order chi connectivity index (χ1) is 9.74. The van der Waals surface area contributed by atoms with Gasteiger partial charge in [-0.2, -0.15) is 0 Å². The van der Waals surface area contributed by atoms with Gasteiger partial charge in [-0.25, -0.2) is 0 Å². The lowest BCUT2D eigenvalue weighted by Gasteiger charge is -2.18. The summed E-state index contributed by atoms with van der Waals surface area (Å²) in [5.74, 6) is 1.31. The fraction of sp³-hybridized carbons (Fsp3) is 0.632. The first kappa shape index (κ1) is 21.2. The van der Waals surface area contributed by atoms with E-state index in [9.17, 15) is 4.79 Å². The molecule has 0 radical (unpaired) electrons. The van der Waals surface area contributed by atoms with Crippen LogP contribution in [-0.2, 0) is 0 Å². The minimum Gasteiger partial charge on any atom is -0.294 e. The summed E-state index contributed by atoms with van der Waals surface area (Å²) < 4.78 is 0. The average Bonchev–Trinajstić information content (AvgIpc) is 2.51. The number of rotatable bonds is 3. The lowest BCUT2D eigenvalue weighted by Crippen LogP contribution is -2.04. The highest BCUT2D eigenvalue weighted by Crippen LogP contribution is 2.24. The third-order valence-corrected chi connectivity index (χ3v) is 2.97. The van der Waals surface area contributed by atoms with Crippen LogP contribution in [0.25, 0.3) is 0 Å². The van der Waals surface area contributed by atoms with E-state index in [2.05, 4.69) is 6.92 Å². The molecule has 1 nitrogen and oxygen atoms in total. The summed E-state index contributed by atoms with van der Waals surface area (Å²) >= 11 is 0. The van der Waals surface area contributed by atoms with Crippen LogP contribution in [0.5, 0.6) is 0 Å². The second kappa shape index (κ2) is 15.9. The van der Waals surface area contributed by atoms with E-state index in [1.54, 1.807) is 0 Å². The predicted octanol–water partition coefficient (Wildman–Crippen LogP) is 6.53. The average molecular weight is 278 g/mol. The molecule has 2 rings (SSSR count). The van der Waals surface area contributed by atoms with E-state index >= 15 is 0 Å². The Morgan fingerprint density at radius 1 is 1.05 bits per heavy atom. The highest BCUT2D eigenvalue weighted by atomic mass is 16.1. The van der Waals surface area contributed by atoms with Gasteiger partial charge in [0.25, 0.3) is 0 Å². The van der Waals surface area contributed by atoms with E-state index in [-0.39, 0.29) is 5.78 Å². The molecule has 0 amide bonds. The van der Waals surface area contributed by atoms with Crippen molar-refractivity contribution in [1.29, 1.82) is 0 Å². The zero-order chi connectivity index (χ0) is 15.8. The summed E-state index contributed by atoms with van der Waals surface area (Å²) in [7, 11) is 0. The summed E-state index contributed by atoms with van der Waals surface area (Å²) in [6.07, 6.45) is 6.04. The third kappa shape index (κ3) is 10.8. The van der Waals surface area contributed by atoms with Gasteiger partial charge < -0.3 is 0 Å². The monoisotopic (exact) mass is 278 g/mol. The van der Waals surface area contributed by atoms with E-state index in [0.29, 0.717) is 6.42 Å². The highest BCUT2D eigenvalue weighted by molar-refractivity contribution is 5.95. The van der Waals surface area contributed by atoms with E-state index in [0.717, 1.165) is 17.9 Å². The second-order valence-electron chi connectivity index (χ2n) is 4.58. The fourth-order valence-electron chi connectivity index (χ4n) is 1.61. The van der Waals surface area contributed by atoms with Crippen LogP contribution in [0.4, 0.5) is 0 Å². The normalized spacial score (nSPS) is 12.3. The first-order valence-corrected chi connectivity index (χ1v) is 8.32. The molecule has 0 heterocycles. The van der Waals surface area contributed by atoms with Crippen molar-refractivity contribution < 1.29 is 4.79 Å². The van der Waals surface area contributed by atoms with Gasteiger partial charge in [0.05, 0.1) is 0 Å². The number of hydrogen-bond acceptors (Lipinski definition) is 1. The molecule has 0 bridgehead atoms. The van der Waals surface area contributed by atoms with Crippen molar-refractivity contribution in [3.8, 4) is 0 Å². The van der Waals surface area contributed by atoms with Gasteiger partial charge in [-0.3, -0.25) is 4.79 Å². The van der Waals surface area contributed by atoms with Gasteiger partial charge in [-0.05, 0) is 12.3 Å². The van der Waals surface area contributed by atoms with Crippen molar-refractivity contribution in [3.63, 3.8) is 0 Å². The molecule has 20 heavy (non-hydrogen) atoms. The highest BCUT2D eigenvalue weighted by Gasteiger charge is 2.09. The molecule has 1 heteroatoms. The first-order valence-electron chi connectivity index (χ1n) is 8.32. The Morgan fingerprint density at radius 3 is 1.80 bits per heavy atom. The minimum absolute atomic E-state index is 0.244. The molecule has 1 saturated carbocycles. The quantitative estimate of drug-likeness (QED) is 0.574. The molecule has 116 valence electrons. The van der Waals surface area contributed by atoms with Crippen molar-refractivity contribution in [2.24, 2.45) is 5.92 Å². The van der Waals surface area contributed by atoms with E-state index < -0.39 is 0 Å². The van der Waals surface area contributed by atoms with Crippen LogP contribution in [-0.4, -0.2) is 5.78 Å². The smallest absolute Gasteiger partial charge is 0.162 e. The predicted molar refractivity (Wildman–Crippen MR) is 91.4 cm³/mol. The van der Waals surface area contributed by atoms with E-state index in [1.807, 2.05) is 65.0 Å². The molecule has 0 atom stereocenters. The molecule has 1 aliphatic rings. The topological polar surface area (TPSA) is 17.1 Å². The van der Waals surface area contributed by atoms with Crippen molar-refractivity contribution >= 4 is 5.78 Å². The third-order valence-electron chi connectivity index (χ3n) is 2.97. The van der Waals surface area contributed by atoms with Gasteiger partial charge >= 0.3 is 0 Å². The Kier molecular flexibility index (Phi) is 16.9. The zero-order valence-electron chi connectivity index (χ0n) is 14.4. The van der Waals surface area contributed by atoms with Gasteiger partial charge in [-0.15, -0.1) is 0 Å². The van der Waals surface area contributed by atoms with Crippen molar-refractivity contribution in [3.05, 3.63) is 35.9 Å². The second-order valence-corrected chi connectivity index (χ2v) is 4.58. The molecule has 1 aromatic rings. The molecule has 0 saturated heterocycles. The Balaban J connectivity index is 0. The molecule has 1 fully saturated rings. The largest absolute Gasteiger partial charge is 0.294 e. The molecule has 0 aromatic heterocycles. The molecule has 0 spiro atoms. The van der Waals surface area contributed by atoms with Crippen molar-refractivity contribution in [2.45, 2.75) is 73.6 Å². The van der Waals surface area contributed by atoms with Gasteiger partial charge in [0.1, 0.15) is 0 Å². The van der Waals surface area contributed by atoms with Crippen LogP contribution in [0.1, 0.15) is 84.0 Å². The Bertz CT molecular complexity index is 299. The molecule has 1 aromatic carbocycles. The van der Waals surface area contributed by atoms with Crippen LogP contribution in [0.3, 0.4) is 0 Å². The van der Waals surface area contributed by atoms with E-state index in [4.69, 9.17) is 0 Å². The number of hydrogen-bond donors (Lipinski definition) is 0. The standard InChI is InChI=1S/C10H12O.C5H10.2C2H6/c1-2-6-10(11)9-7-4-3-5-8-9;1-5-3-2-4-5;2*1-2/h3-5,7-8H,2,6H2,1H3;5H,2-4H2,1H3;2*1-2H3. The molecule has 0 N–H and O–H groups in total. The summed E-state index contributed by atoms with van der Waals surface area (Å²) in [6, 6.07) is 9.42. The molecule has 0 aliphatic heterocycles. The number of ketones is 1. The maximum Gasteiger partial charge on any atom is 0.162 e. The van der Waals surface area contributed by atoms with Gasteiger partial charge in [0.2, 0.25) is 0 Å². The number of Topliss-reactive ketones (excluding diaryl/α,β-unsaturated/α-hetero) is 1. The Hall–Kier alpha value is -1.11. The SMILES string of the molecule is CC.CC.CC1CCC1.CCCC(=O)c1ccccc1. The molecular weight excluding hydrogens is 244 g/mol. The Labute approximate surface area is 126 Å². The lowest BCUT2D eigenvalue weighted by molar-refractivity contribution is 0.0982. The van der Waals surface area contributed by atoms with Crippen molar-refractivity contribution in [1.82, 2.24) is 0 Å². The maximum atomic E-state index is 11.2. The number of benzene rings is 1. The molecule has 1 aliphatic carbocycles. The Morgan fingerprint density at radius 2 is 1.50 bits per heavy atom. The van der Waals surface area contributed by atoms with Gasteiger partial charge in [0, 0.05) is 12.0 Å². The van der Waals surface area contributed by atoms with Gasteiger partial charge in [-0.1, -0.05) is 91.1 Å². The maximum absolute atomic E-state index is 11.2.